The Balaban J connectivity index is 2.79. The molecule has 0 aromatic carbocycles. The van der Waals surface area contributed by atoms with Crippen molar-refractivity contribution in [3.63, 3.8) is 0 Å². The molecule has 0 spiro atoms. The van der Waals surface area contributed by atoms with Crippen LogP contribution in [0.2, 0.25) is 0 Å². The van der Waals surface area contributed by atoms with Crippen molar-refractivity contribution >= 4 is 17.8 Å². The van der Waals surface area contributed by atoms with E-state index >= 15 is 0 Å². The van der Waals surface area contributed by atoms with Crippen molar-refractivity contribution in [3.8, 4) is 0 Å². The molecule has 1 aliphatic rings. The Labute approximate surface area is 142 Å². The Morgan fingerprint density at radius 2 is 2.17 bits per heavy atom. The lowest BCUT2D eigenvalue weighted by Gasteiger charge is -2.28. The number of nitrogens with one attached hydrogen (secondary N) is 2. The molecule has 7 nitrogen and oxygen atoms in total. The van der Waals surface area contributed by atoms with Crippen molar-refractivity contribution in [1.29, 1.82) is 0 Å². The van der Waals surface area contributed by atoms with E-state index in [9.17, 15) is 14.4 Å². The Kier molecular flexibility index (Phi) is 7.91. The smallest absolute Gasteiger partial charge is 0.306 e. The second kappa shape index (κ2) is 9.42. The minimum absolute atomic E-state index is 0.0381. The summed E-state index contributed by atoms with van der Waals surface area (Å²) in [6.07, 6.45) is 4.92. The van der Waals surface area contributed by atoms with Crippen molar-refractivity contribution in [2.24, 2.45) is 5.92 Å². The van der Waals surface area contributed by atoms with Crippen molar-refractivity contribution in [3.05, 3.63) is 12.2 Å². The zero-order valence-corrected chi connectivity index (χ0v) is 14.6. The first-order valence-electron chi connectivity index (χ1n) is 8.26. The van der Waals surface area contributed by atoms with Gasteiger partial charge >= 0.3 is 5.97 Å². The number of amides is 2. The predicted molar refractivity (Wildman–Crippen MR) is 89.0 cm³/mol. The number of allylic oxidation sites excluding steroid dienone is 2. The average molecular weight is 340 g/mol. The minimum atomic E-state index is -0.706. The Bertz CT molecular complexity index is 487. The van der Waals surface area contributed by atoms with Crippen LogP contribution < -0.4 is 10.6 Å². The van der Waals surface area contributed by atoms with Crippen LogP contribution in [0, 0.1) is 5.92 Å². The summed E-state index contributed by atoms with van der Waals surface area (Å²) >= 11 is 0. The molecule has 136 valence electrons. The van der Waals surface area contributed by atoms with E-state index in [1.165, 1.54) is 0 Å². The monoisotopic (exact) mass is 340 g/mol. The van der Waals surface area contributed by atoms with Crippen LogP contribution in [0.4, 0.5) is 0 Å². The quantitative estimate of drug-likeness (QED) is 0.515. The maximum Gasteiger partial charge on any atom is 0.306 e. The second-order valence-corrected chi connectivity index (χ2v) is 6.83. The zero-order chi connectivity index (χ0) is 18.2. The summed E-state index contributed by atoms with van der Waals surface area (Å²) in [4.78, 5) is 36.1. The van der Waals surface area contributed by atoms with Crippen LogP contribution in [0.1, 0.15) is 46.5 Å². The number of cyclic esters (lactones) is 1. The van der Waals surface area contributed by atoms with Crippen LogP contribution in [0.15, 0.2) is 12.2 Å². The fourth-order valence-electron chi connectivity index (χ4n) is 2.27. The average Bonchev–Trinajstić information content (AvgIpc) is 2.50. The molecule has 0 unspecified atom stereocenters. The van der Waals surface area contributed by atoms with Crippen molar-refractivity contribution in [2.45, 2.75) is 58.0 Å². The van der Waals surface area contributed by atoms with Crippen LogP contribution in [0.25, 0.3) is 0 Å². The standard InChI is InChI=1S/C17H28N2O5/c1-12(10-20)18-14(21)9-13-7-5-4-6-8-15(22)24-11-17(2,3)19-16(13)23/h4-5,12-13,20H,6-11H2,1-3H3,(H,18,21)(H,19,23)/t12-,13-/m1/s1. The highest BCUT2D eigenvalue weighted by Crippen LogP contribution is 2.15. The lowest BCUT2D eigenvalue weighted by Crippen LogP contribution is -2.50. The van der Waals surface area contributed by atoms with E-state index in [-0.39, 0.29) is 43.5 Å². The first kappa shape index (κ1) is 20.2. The number of aliphatic hydroxyl groups is 1. The van der Waals surface area contributed by atoms with Gasteiger partial charge in [-0.1, -0.05) is 12.2 Å². The van der Waals surface area contributed by atoms with E-state index in [2.05, 4.69) is 10.6 Å². The third-order valence-corrected chi connectivity index (χ3v) is 3.64. The molecule has 0 aliphatic carbocycles. The third-order valence-electron chi connectivity index (χ3n) is 3.64. The molecule has 2 atom stereocenters. The summed E-state index contributed by atoms with van der Waals surface area (Å²) in [5.74, 6) is -1.34. The number of hydrogen-bond acceptors (Lipinski definition) is 5. The lowest BCUT2D eigenvalue weighted by molar-refractivity contribution is -0.146. The topological polar surface area (TPSA) is 105 Å². The highest BCUT2D eigenvalue weighted by molar-refractivity contribution is 5.86. The molecule has 24 heavy (non-hydrogen) atoms. The van der Waals surface area contributed by atoms with Crippen LogP contribution in [0.5, 0.6) is 0 Å². The molecule has 0 aromatic rings. The molecule has 1 heterocycles. The Morgan fingerprint density at radius 1 is 1.46 bits per heavy atom. The first-order chi connectivity index (χ1) is 11.2. The van der Waals surface area contributed by atoms with Gasteiger partial charge in [-0.2, -0.15) is 0 Å². The summed E-state index contributed by atoms with van der Waals surface area (Å²) in [7, 11) is 0. The molecule has 1 rings (SSSR count). The largest absolute Gasteiger partial charge is 0.463 e. The van der Waals surface area contributed by atoms with E-state index in [1.807, 2.05) is 12.2 Å². The van der Waals surface area contributed by atoms with Gasteiger partial charge in [0.1, 0.15) is 6.61 Å². The van der Waals surface area contributed by atoms with Crippen LogP contribution in [-0.4, -0.2) is 47.7 Å². The summed E-state index contributed by atoms with van der Waals surface area (Å²) in [6, 6.07) is -0.349. The number of hydrogen-bond donors (Lipinski definition) is 3. The number of ether oxygens (including phenoxy) is 1. The first-order valence-corrected chi connectivity index (χ1v) is 8.26. The molecule has 3 N–H and O–H groups in total. The van der Waals surface area contributed by atoms with Gasteiger partial charge in [-0.15, -0.1) is 0 Å². The highest BCUT2D eigenvalue weighted by atomic mass is 16.5. The fraction of sp³-hybridized carbons (Fsp3) is 0.706. The van der Waals surface area contributed by atoms with Gasteiger partial charge < -0.3 is 20.5 Å². The van der Waals surface area contributed by atoms with Crippen LogP contribution >= 0.6 is 0 Å². The molecule has 0 radical (unpaired) electrons. The SMILES string of the molecule is C[C@H](CO)NC(=O)C[C@H]1CC=CCCC(=O)OCC(C)(C)NC1=O. The number of aliphatic hydroxyl groups excluding tert-OH is 1. The maximum atomic E-state index is 12.5. The number of rotatable bonds is 4. The van der Waals surface area contributed by atoms with E-state index in [4.69, 9.17) is 9.84 Å². The van der Waals surface area contributed by atoms with Crippen molar-refractivity contribution < 1.29 is 24.2 Å². The summed E-state index contributed by atoms with van der Waals surface area (Å²) in [6.45, 7) is 5.16. The van der Waals surface area contributed by atoms with Gasteiger partial charge in [0.05, 0.1) is 18.1 Å². The molecule has 2 amide bonds. The molecule has 0 saturated heterocycles. The fourth-order valence-corrected chi connectivity index (χ4v) is 2.27. The molecule has 1 aliphatic heterocycles. The summed E-state index contributed by atoms with van der Waals surface area (Å²) in [5.41, 5.74) is -0.706. The van der Waals surface area contributed by atoms with Crippen molar-refractivity contribution in [1.82, 2.24) is 10.6 Å². The minimum Gasteiger partial charge on any atom is -0.463 e. The lowest BCUT2D eigenvalue weighted by atomic mass is 9.96. The summed E-state index contributed by atoms with van der Waals surface area (Å²) < 4.78 is 5.17. The van der Waals surface area contributed by atoms with E-state index < -0.39 is 11.5 Å². The van der Waals surface area contributed by atoms with Gasteiger partial charge in [0.25, 0.3) is 0 Å². The van der Waals surface area contributed by atoms with E-state index in [0.717, 1.165) is 0 Å². The summed E-state index contributed by atoms with van der Waals surface area (Å²) in [5, 5.41) is 14.5. The molecule has 7 heteroatoms. The normalized spacial score (nSPS) is 23.2. The zero-order valence-electron chi connectivity index (χ0n) is 14.6. The maximum absolute atomic E-state index is 12.5. The van der Waals surface area contributed by atoms with Gasteiger partial charge in [-0.3, -0.25) is 14.4 Å². The second-order valence-electron chi connectivity index (χ2n) is 6.83. The molecule has 0 fully saturated rings. The molecule has 0 saturated carbocycles. The molecular formula is C17H28N2O5. The molecule has 0 bridgehead atoms. The molecular weight excluding hydrogens is 312 g/mol. The number of esters is 1. The van der Waals surface area contributed by atoms with Gasteiger partial charge in [0.15, 0.2) is 0 Å². The Hall–Kier alpha value is -1.89. The van der Waals surface area contributed by atoms with Crippen LogP contribution in [-0.2, 0) is 19.1 Å². The Morgan fingerprint density at radius 3 is 2.83 bits per heavy atom. The third kappa shape index (κ3) is 7.59. The van der Waals surface area contributed by atoms with Crippen molar-refractivity contribution in [2.75, 3.05) is 13.2 Å². The number of carbonyl (C=O) groups is 3. The van der Waals surface area contributed by atoms with Gasteiger partial charge in [0.2, 0.25) is 11.8 Å². The predicted octanol–water partition coefficient (Wildman–Crippen LogP) is 0.668. The van der Waals surface area contributed by atoms with E-state index in [0.29, 0.717) is 19.3 Å². The van der Waals surface area contributed by atoms with Gasteiger partial charge in [-0.25, -0.2) is 0 Å². The van der Waals surface area contributed by atoms with Crippen LogP contribution in [0.3, 0.4) is 0 Å². The molecule has 0 aromatic heterocycles. The van der Waals surface area contributed by atoms with Gasteiger partial charge in [0, 0.05) is 18.9 Å². The number of carbonyl (C=O) groups excluding carboxylic acids is 3. The van der Waals surface area contributed by atoms with Gasteiger partial charge in [-0.05, 0) is 33.6 Å². The highest BCUT2D eigenvalue weighted by Gasteiger charge is 2.28. The van der Waals surface area contributed by atoms with E-state index in [1.54, 1.807) is 20.8 Å².